The van der Waals surface area contributed by atoms with Crippen LogP contribution in [-0.4, -0.2) is 24.5 Å². The van der Waals surface area contributed by atoms with E-state index in [4.69, 9.17) is 5.73 Å². The summed E-state index contributed by atoms with van der Waals surface area (Å²) in [6.07, 6.45) is 3.65. The number of fused-ring (bicyclic) bond motifs is 1. The maximum Gasteiger partial charge on any atom is 0.248 e. The second-order valence-electron chi connectivity index (χ2n) is 8.36. The van der Waals surface area contributed by atoms with Gasteiger partial charge in [-0.2, -0.15) is 0 Å². The molecule has 3 N–H and O–H groups in total. The Morgan fingerprint density at radius 1 is 1.03 bits per heavy atom. The summed E-state index contributed by atoms with van der Waals surface area (Å²) in [6.45, 7) is 5.62. The highest BCUT2D eigenvalue weighted by Crippen LogP contribution is 2.35. The first kappa shape index (κ1) is 20.4. The highest BCUT2D eigenvalue weighted by atomic mass is 16.1. The van der Waals surface area contributed by atoms with E-state index in [9.17, 15) is 4.79 Å². The highest BCUT2D eigenvalue weighted by Gasteiger charge is 2.30. The Labute approximate surface area is 179 Å². The molecule has 4 nitrogen and oxygen atoms in total. The number of nitrogens with two attached hydrogens (primary N) is 1. The number of anilines is 1. The minimum Gasteiger partial charge on any atom is -0.366 e. The molecule has 0 spiro atoms. The van der Waals surface area contributed by atoms with Crippen molar-refractivity contribution in [1.82, 2.24) is 5.32 Å². The van der Waals surface area contributed by atoms with Gasteiger partial charge in [-0.1, -0.05) is 55.0 Å². The van der Waals surface area contributed by atoms with E-state index in [0.717, 1.165) is 18.7 Å². The summed E-state index contributed by atoms with van der Waals surface area (Å²) < 4.78 is 0. The van der Waals surface area contributed by atoms with Crippen molar-refractivity contribution in [2.45, 2.75) is 51.2 Å². The van der Waals surface area contributed by atoms with Crippen LogP contribution in [-0.2, 0) is 0 Å². The van der Waals surface area contributed by atoms with Gasteiger partial charge in [-0.05, 0) is 67.8 Å². The Balaban J connectivity index is 1.79. The fourth-order valence-electron chi connectivity index (χ4n) is 4.88. The summed E-state index contributed by atoms with van der Waals surface area (Å²) in [5, 5.41) is 6.23. The van der Waals surface area contributed by atoms with Crippen molar-refractivity contribution < 1.29 is 4.79 Å². The number of primary amides is 1. The van der Waals surface area contributed by atoms with Crippen molar-refractivity contribution >= 4 is 22.4 Å². The van der Waals surface area contributed by atoms with E-state index in [1.54, 1.807) is 6.07 Å². The first-order chi connectivity index (χ1) is 14.6. The molecule has 1 fully saturated rings. The second-order valence-corrected chi connectivity index (χ2v) is 8.36. The highest BCUT2D eigenvalue weighted by molar-refractivity contribution is 5.94. The number of carbonyl (C=O) groups excluding carboxylic acids is 1. The average Bonchev–Trinajstić information content (AvgIpc) is 2.79. The molecule has 3 atom stereocenters. The van der Waals surface area contributed by atoms with Crippen molar-refractivity contribution in [3.63, 3.8) is 0 Å². The van der Waals surface area contributed by atoms with E-state index in [1.165, 1.54) is 29.2 Å². The molecule has 1 unspecified atom stereocenters. The number of rotatable bonds is 6. The van der Waals surface area contributed by atoms with E-state index < -0.39 is 5.91 Å². The maximum absolute atomic E-state index is 11.9. The van der Waals surface area contributed by atoms with Crippen LogP contribution in [0.15, 0.2) is 66.7 Å². The van der Waals surface area contributed by atoms with Gasteiger partial charge in [0.2, 0.25) is 5.91 Å². The third-order valence-corrected chi connectivity index (χ3v) is 6.49. The SMILES string of the molecule is CC([C@H]1CCCCN1)N(c1cccc(C(N)=O)c1)[C@H](C)c1cccc2ccccc12. The van der Waals surface area contributed by atoms with Crippen molar-refractivity contribution in [3.8, 4) is 0 Å². The predicted octanol–water partition coefficient (Wildman–Crippen LogP) is 5.04. The van der Waals surface area contributed by atoms with Crippen LogP contribution in [0.4, 0.5) is 5.69 Å². The molecule has 3 aromatic carbocycles. The molecular formula is C26H31N3O. The minimum atomic E-state index is -0.391. The molecule has 1 saturated heterocycles. The molecule has 1 heterocycles. The number of carbonyl (C=O) groups is 1. The monoisotopic (exact) mass is 401 g/mol. The Morgan fingerprint density at radius 2 is 1.80 bits per heavy atom. The molecule has 1 amide bonds. The number of amides is 1. The largest absolute Gasteiger partial charge is 0.366 e. The zero-order valence-electron chi connectivity index (χ0n) is 17.8. The Bertz CT molecular complexity index is 1020. The van der Waals surface area contributed by atoms with E-state index in [-0.39, 0.29) is 12.1 Å². The van der Waals surface area contributed by atoms with Gasteiger partial charge >= 0.3 is 0 Å². The lowest BCUT2D eigenvalue weighted by Gasteiger charge is -2.42. The van der Waals surface area contributed by atoms with Gasteiger partial charge in [-0.15, -0.1) is 0 Å². The predicted molar refractivity (Wildman–Crippen MR) is 125 cm³/mol. The summed E-state index contributed by atoms with van der Waals surface area (Å²) in [5.74, 6) is -0.391. The first-order valence-electron chi connectivity index (χ1n) is 11.0. The van der Waals surface area contributed by atoms with Gasteiger partial charge in [-0.3, -0.25) is 4.79 Å². The summed E-state index contributed by atoms with van der Waals surface area (Å²) in [7, 11) is 0. The molecule has 1 aliphatic rings. The van der Waals surface area contributed by atoms with E-state index >= 15 is 0 Å². The zero-order chi connectivity index (χ0) is 21.1. The summed E-state index contributed by atoms with van der Waals surface area (Å²) >= 11 is 0. The first-order valence-corrected chi connectivity index (χ1v) is 11.0. The molecule has 3 aromatic rings. The van der Waals surface area contributed by atoms with Crippen LogP contribution in [0.3, 0.4) is 0 Å². The van der Waals surface area contributed by atoms with Crippen LogP contribution in [0.2, 0.25) is 0 Å². The molecule has 4 heteroatoms. The molecule has 0 aromatic heterocycles. The van der Waals surface area contributed by atoms with Crippen molar-refractivity contribution in [3.05, 3.63) is 77.9 Å². The number of nitrogens with one attached hydrogen (secondary N) is 1. The van der Waals surface area contributed by atoms with Crippen LogP contribution in [0.5, 0.6) is 0 Å². The number of piperidine rings is 1. The van der Waals surface area contributed by atoms with Crippen LogP contribution in [0.25, 0.3) is 10.8 Å². The molecule has 0 saturated carbocycles. The Hall–Kier alpha value is -2.85. The molecule has 0 aliphatic carbocycles. The fraction of sp³-hybridized carbons (Fsp3) is 0.346. The van der Waals surface area contributed by atoms with Crippen LogP contribution in [0, 0.1) is 0 Å². The zero-order valence-corrected chi connectivity index (χ0v) is 17.8. The second kappa shape index (κ2) is 8.88. The van der Waals surface area contributed by atoms with Crippen LogP contribution in [0.1, 0.15) is 55.1 Å². The lowest BCUT2D eigenvalue weighted by Crippen LogP contribution is -2.51. The van der Waals surface area contributed by atoms with Gasteiger partial charge in [0.05, 0.1) is 6.04 Å². The lowest BCUT2D eigenvalue weighted by molar-refractivity contribution is 0.100. The molecule has 0 radical (unpaired) electrons. The number of hydrogen-bond acceptors (Lipinski definition) is 3. The van der Waals surface area contributed by atoms with Crippen LogP contribution < -0.4 is 16.0 Å². The number of benzene rings is 3. The van der Waals surface area contributed by atoms with Crippen molar-refractivity contribution in [2.24, 2.45) is 5.73 Å². The van der Waals surface area contributed by atoms with E-state index in [1.807, 2.05) is 12.1 Å². The van der Waals surface area contributed by atoms with E-state index in [0.29, 0.717) is 11.6 Å². The summed E-state index contributed by atoms with van der Waals surface area (Å²) in [4.78, 5) is 14.3. The molecular weight excluding hydrogens is 370 g/mol. The molecule has 1 aliphatic heterocycles. The molecule has 4 rings (SSSR count). The summed E-state index contributed by atoms with van der Waals surface area (Å²) in [6, 6.07) is 23.6. The van der Waals surface area contributed by atoms with Gasteiger partial charge in [0.15, 0.2) is 0 Å². The molecule has 0 bridgehead atoms. The van der Waals surface area contributed by atoms with Gasteiger partial charge in [0.1, 0.15) is 0 Å². The normalized spacial score (nSPS) is 18.7. The molecule has 156 valence electrons. The quantitative estimate of drug-likeness (QED) is 0.608. The van der Waals surface area contributed by atoms with Crippen molar-refractivity contribution in [2.75, 3.05) is 11.4 Å². The lowest BCUT2D eigenvalue weighted by atomic mass is 9.93. The van der Waals surface area contributed by atoms with Gasteiger partial charge in [-0.25, -0.2) is 0 Å². The van der Waals surface area contributed by atoms with Gasteiger partial charge in [0, 0.05) is 23.3 Å². The summed E-state index contributed by atoms with van der Waals surface area (Å²) in [5.41, 5.74) is 8.47. The van der Waals surface area contributed by atoms with Crippen LogP contribution >= 0.6 is 0 Å². The standard InChI is InChI=1S/C26H31N3O/c1-18(23-14-8-10-20-9-3-4-13-24(20)23)29(19(2)25-15-5-6-16-28-25)22-12-7-11-21(17-22)26(27)30/h3-4,7-14,17-19,25,28H,5-6,15-16H2,1-2H3,(H2,27,30)/t18-,19?,25-/m1/s1. The van der Waals surface area contributed by atoms with E-state index in [2.05, 4.69) is 72.6 Å². The Morgan fingerprint density at radius 3 is 2.57 bits per heavy atom. The number of nitrogens with zero attached hydrogens (tertiary/aromatic N) is 1. The minimum absolute atomic E-state index is 0.137. The third kappa shape index (κ3) is 4.05. The third-order valence-electron chi connectivity index (χ3n) is 6.49. The van der Waals surface area contributed by atoms with Gasteiger partial charge in [0.25, 0.3) is 0 Å². The van der Waals surface area contributed by atoms with Crippen molar-refractivity contribution in [1.29, 1.82) is 0 Å². The fourth-order valence-corrected chi connectivity index (χ4v) is 4.88. The smallest absolute Gasteiger partial charge is 0.248 e. The average molecular weight is 402 g/mol. The topological polar surface area (TPSA) is 58.4 Å². The maximum atomic E-state index is 11.9. The number of hydrogen-bond donors (Lipinski definition) is 2. The molecule has 30 heavy (non-hydrogen) atoms. The Kier molecular flexibility index (Phi) is 6.05. The van der Waals surface area contributed by atoms with Gasteiger partial charge < -0.3 is 16.0 Å².